The molecule has 1 saturated heterocycles. The van der Waals surface area contributed by atoms with Gasteiger partial charge in [0.2, 0.25) is 0 Å². The standard InChI is InChI=1S/C23H35N5O/c1-4-24-23(25-11-14-27-12-5-6-13-27)26-15-21-7-9-22(10-8-21)18-28-16-19(2)29-20(3)17-28/h5-10,12-13,19-20H,4,11,14-18H2,1-3H3,(H2,24,25,26). The molecule has 3 rings (SSSR count). The molecule has 0 radical (unpaired) electrons. The molecule has 0 saturated carbocycles. The lowest BCUT2D eigenvalue weighted by atomic mass is 10.1. The highest BCUT2D eigenvalue weighted by atomic mass is 16.5. The van der Waals surface area contributed by atoms with E-state index in [0.29, 0.717) is 18.8 Å². The van der Waals surface area contributed by atoms with Crippen molar-refractivity contribution in [3.63, 3.8) is 0 Å². The number of rotatable bonds is 8. The Morgan fingerprint density at radius 1 is 1.03 bits per heavy atom. The number of benzene rings is 1. The zero-order valence-corrected chi connectivity index (χ0v) is 18.0. The molecular formula is C23H35N5O. The predicted molar refractivity (Wildman–Crippen MR) is 119 cm³/mol. The average molecular weight is 398 g/mol. The fourth-order valence-electron chi connectivity index (χ4n) is 3.76. The minimum atomic E-state index is 0.307. The van der Waals surface area contributed by atoms with Gasteiger partial charge in [-0.25, -0.2) is 4.99 Å². The maximum atomic E-state index is 5.83. The first kappa shape index (κ1) is 21.4. The van der Waals surface area contributed by atoms with E-state index in [1.54, 1.807) is 0 Å². The zero-order chi connectivity index (χ0) is 20.5. The number of morpholine rings is 1. The van der Waals surface area contributed by atoms with Crippen LogP contribution in [0.3, 0.4) is 0 Å². The van der Waals surface area contributed by atoms with Crippen LogP contribution in [0.5, 0.6) is 0 Å². The van der Waals surface area contributed by atoms with Crippen molar-refractivity contribution in [2.75, 3.05) is 26.2 Å². The van der Waals surface area contributed by atoms with Crippen LogP contribution in [0, 0.1) is 0 Å². The van der Waals surface area contributed by atoms with E-state index in [9.17, 15) is 0 Å². The summed E-state index contributed by atoms with van der Waals surface area (Å²) in [5.41, 5.74) is 2.57. The van der Waals surface area contributed by atoms with Crippen LogP contribution in [0.1, 0.15) is 31.9 Å². The third kappa shape index (κ3) is 7.22. The molecule has 2 atom stereocenters. The summed E-state index contributed by atoms with van der Waals surface area (Å²) in [6.45, 7) is 12.7. The van der Waals surface area contributed by atoms with Crippen LogP contribution in [0.15, 0.2) is 53.8 Å². The first-order valence-electron chi connectivity index (χ1n) is 10.7. The van der Waals surface area contributed by atoms with Gasteiger partial charge in [0, 0.05) is 51.7 Å². The number of aliphatic imine (C=N–C) groups is 1. The minimum Gasteiger partial charge on any atom is -0.373 e. The molecule has 2 aromatic rings. The molecule has 0 amide bonds. The molecule has 29 heavy (non-hydrogen) atoms. The molecule has 6 heteroatoms. The van der Waals surface area contributed by atoms with Crippen LogP contribution >= 0.6 is 0 Å². The Balaban J connectivity index is 1.48. The second kappa shape index (κ2) is 11.0. The van der Waals surface area contributed by atoms with Gasteiger partial charge in [0.15, 0.2) is 5.96 Å². The van der Waals surface area contributed by atoms with E-state index in [0.717, 1.165) is 45.2 Å². The van der Waals surface area contributed by atoms with E-state index >= 15 is 0 Å². The lowest BCUT2D eigenvalue weighted by Gasteiger charge is -2.35. The van der Waals surface area contributed by atoms with E-state index in [-0.39, 0.29) is 0 Å². The van der Waals surface area contributed by atoms with Crippen LogP contribution in [-0.4, -0.2) is 53.8 Å². The van der Waals surface area contributed by atoms with E-state index < -0.39 is 0 Å². The van der Waals surface area contributed by atoms with Crippen molar-refractivity contribution in [1.29, 1.82) is 0 Å². The lowest BCUT2D eigenvalue weighted by molar-refractivity contribution is -0.0704. The highest BCUT2D eigenvalue weighted by molar-refractivity contribution is 5.79. The van der Waals surface area contributed by atoms with Gasteiger partial charge in [-0.3, -0.25) is 4.90 Å². The number of hydrogen-bond donors (Lipinski definition) is 2. The first-order chi connectivity index (χ1) is 14.1. The first-order valence-corrected chi connectivity index (χ1v) is 10.7. The summed E-state index contributed by atoms with van der Waals surface area (Å²) >= 11 is 0. The van der Waals surface area contributed by atoms with Gasteiger partial charge < -0.3 is 19.9 Å². The maximum Gasteiger partial charge on any atom is 0.191 e. The fourth-order valence-corrected chi connectivity index (χ4v) is 3.76. The van der Waals surface area contributed by atoms with E-state index in [4.69, 9.17) is 9.73 Å². The number of nitrogens with zero attached hydrogens (tertiary/aromatic N) is 3. The second-order valence-electron chi connectivity index (χ2n) is 7.81. The molecule has 2 heterocycles. The molecule has 0 bridgehead atoms. The normalized spacial score (nSPS) is 20.6. The van der Waals surface area contributed by atoms with Gasteiger partial charge in [0.1, 0.15) is 0 Å². The van der Waals surface area contributed by atoms with E-state index in [1.807, 2.05) is 12.1 Å². The Morgan fingerprint density at radius 3 is 2.34 bits per heavy atom. The average Bonchev–Trinajstić information content (AvgIpc) is 3.20. The number of hydrogen-bond acceptors (Lipinski definition) is 3. The van der Waals surface area contributed by atoms with Crippen molar-refractivity contribution in [2.24, 2.45) is 4.99 Å². The molecule has 0 aliphatic carbocycles. The van der Waals surface area contributed by atoms with Crippen molar-refractivity contribution in [2.45, 2.75) is 52.6 Å². The number of ether oxygens (including phenoxy) is 1. The van der Waals surface area contributed by atoms with Crippen molar-refractivity contribution in [3.05, 3.63) is 59.9 Å². The Hall–Kier alpha value is -2.31. The van der Waals surface area contributed by atoms with Crippen molar-refractivity contribution >= 4 is 5.96 Å². The fraction of sp³-hybridized carbons (Fsp3) is 0.522. The number of aromatic nitrogens is 1. The molecule has 2 N–H and O–H groups in total. The summed E-state index contributed by atoms with van der Waals surface area (Å²) in [5.74, 6) is 0.861. The minimum absolute atomic E-state index is 0.307. The van der Waals surface area contributed by atoms with Crippen LogP contribution in [0.4, 0.5) is 0 Å². The molecule has 0 spiro atoms. The van der Waals surface area contributed by atoms with E-state index in [1.165, 1.54) is 11.1 Å². The van der Waals surface area contributed by atoms with Gasteiger partial charge in [0.05, 0.1) is 18.8 Å². The summed E-state index contributed by atoms with van der Waals surface area (Å²) in [7, 11) is 0. The highest BCUT2D eigenvalue weighted by Gasteiger charge is 2.21. The van der Waals surface area contributed by atoms with Gasteiger partial charge in [-0.1, -0.05) is 24.3 Å². The Bertz CT molecular complexity index is 731. The van der Waals surface area contributed by atoms with Gasteiger partial charge >= 0.3 is 0 Å². The van der Waals surface area contributed by atoms with Crippen LogP contribution in [0.2, 0.25) is 0 Å². The predicted octanol–water partition coefficient (Wildman–Crippen LogP) is 2.85. The van der Waals surface area contributed by atoms with Crippen LogP contribution in [-0.2, 0) is 24.4 Å². The molecular weight excluding hydrogens is 362 g/mol. The van der Waals surface area contributed by atoms with Crippen molar-refractivity contribution in [3.8, 4) is 0 Å². The summed E-state index contributed by atoms with van der Waals surface area (Å²) < 4.78 is 7.98. The third-order valence-electron chi connectivity index (χ3n) is 5.02. The second-order valence-corrected chi connectivity index (χ2v) is 7.81. The van der Waals surface area contributed by atoms with E-state index in [2.05, 4.69) is 77.5 Å². The van der Waals surface area contributed by atoms with Gasteiger partial charge in [-0.05, 0) is 44.0 Å². The summed E-state index contributed by atoms with van der Waals surface area (Å²) in [6.07, 6.45) is 4.76. The summed E-state index contributed by atoms with van der Waals surface area (Å²) in [6, 6.07) is 12.9. The van der Waals surface area contributed by atoms with Crippen molar-refractivity contribution in [1.82, 2.24) is 20.1 Å². The quantitative estimate of drug-likeness (QED) is 0.531. The Kier molecular flexibility index (Phi) is 8.14. The smallest absolute Gasteiger partial charge is 0.191 e. The monoisotopic (exact) mass is 397 g/mol. The topological polar surface area (TPSA) is 53.8 Å². The molecule has 1 fully saturated rings. The highest BCUT2D eigenvalue weighted by Crippen LogP contribution is 2.15. The van der Waals surface area contributed by atoms with Gasteiger partial charge in [-0.15, -0.1) is 0 Å². The Morgan fingerprint density at radius 2 is 1.69 bits per heavy atom. The lowest BCUT2D eigenvalue weighted by Crippen LogP contribution is -2.44. The summed E-state index contributed by atoms with van der Waals surface area (Å²) in [5, 5.41) is 6.72. The molecule has 1 aromatic heterocycles. The Labute approximate surface area is 175 Å². The van der Waals surface area contributed by atoms with Crippen molar-refractivity contribution < 1.29 is 4.74 Å². The molecule has 158 valence electrons. The molecule has 6 nitrogen and oxygen atoms in total. The number of nitrogens with one attached hydrogen (secondary N) is 2. The molecule has 1 aliphatic heterocycles. The molecule has 2 unspecified atom stereocenters. The molecule has 1 aliphatic rings. The maximum absolute atomic E-state index is 5.83. The third-order valence-corrected chi connectivity index (χ3v) is 5.02. The zero-order valence-electron chi connectivity index (χ0n) is 18.0. The van der Waals surface area contributed by atoms with Gasteiger partial charge in [-0.2, -0.15) is 0 Å². The largest absolute Gasteiger partial charge is 0.373 e. The SMILES string of the molecule is CCNC(=NCc1ccc(CN2CC(C)OC(C)C2)cc1)NCCn1cccc1. The van der Waals surface area contributed by atoms with Crippen LogP contribution < -0.4 is 10.6 Å². The number of guanidine groups is 1. The summed E-state index contributed by atoms with van der Waals surface area (Å²) in [4.78, 5) is 7.20. The molecule has 1 aromatic carbocycles. The van der Waals surface area contributed by atoms with Crippen LogP contribution in [0.25, 0.3) is 0 Å². The van der Waals surface area contributed by atoms with Gasteiger partial charge in [0.25, 0.3) is 0 Å².